The summed E-state index contributed by atoms with van der Waals surface area (Å²) in [6, 6.07) is 0. The monoisotopic (exact) mass is 1120 g/mol. The first kappa shape index (κ1) is 52.9. The largest absolute Gasteiger partial charge is 0.490 e. The number of nitrogens with two attached hydrogens (primary N) is 3. The molecule has 6 fully saturated rings. The number of hydrogen-bond donors (Lipinski definition) is 14. The van der Waals surface area contributed by atoms with Crippen LogP contribution >= 0.6 is 23.5 Å². The quantitative estimate of drug-likeness (QED) is 0.0509. The fraction of sp³-hybridized carbons (Fsp3) is 0.559. The molecule has 12 rings (SSSR count). The molecule has 5 unspecified atom stereocenters. The van der Waals surface area contributed by atoms with Gasteiger partial charge in [-0.2, -0.15) is 23.6 Å². The molecule has 6 saturated heterocycles. The van der Waals surface area contributed by atoms with E-state index in [9.17, 15) is 58.3 Å². The number of nitrogens with zero attached hydrogens (tertiary/aromatic N) is 9. The molecule has 17 N–H and O–H groups in total. The molecule has 75 heavy (non-hydrogen) atoms. The molecular weight excluding hydrogens is 1080 g/mol. The van der Waals surface area contributed by atoms with Gasteiger partial charge in [-0.1, -0.05) is 6.92 Å². The second-order valence-corrected chi connectivity index (χ2v) is 22.2. The summed E-state index contributed by atoms with van der Waals surface area (Å²) < 4.78 is 84.5. The lowest BCUT2D eigenvalue weighted by atomic mass is 9.91. The minimum atomic E-state index is -5.72. The van der Waals surface area contributed by atoms with E-state index in [0.717, 1.165) is 0 Å². The molecule has 0 saturated carbocycles. The Kier molecular flexibility index (Phi) is 13.1. The van der Waals surface area contributed by atoms with Crippen molar-refractivity contribution in [1.29, 1.82) is 0 Å². The van der Waals surface area contributed by atoms with Crippen LogP contribution in [0.2, 0.25) is 0 Å². The van der Waals surface area contributed by atoms with Gasteiger partial charge in [0.2, 0.25) is 17.8 Å². The smallest absolute Gasteiger partial charge is 0.393 e. The number of aliphatic hydroxyl groups is 4. The number of ether oxygens (including phenoxy) is 6. The van der Waals surface area contributed by atoms with Crippen molar-refractivity contribution in [1.82, 2.24) is 58.6 Å². The van der Waals surface area contributed by atoms with Crippen LogP contribution in [0.3, 0.4) is 0 Å². The molecule has 0 amide bonds. The van der Waals surface area contributed by atoms with Crippen molar-refractivity contribution in [2.24, 2.45) is 5.92 Å². The Labute approximate surface area is 413 Å². The van der Waals surface area contributed by atoms with E-state index < -0.39 is 107 Å². The number of phosphoric ester groups is 1. The molecule has 6 bridgehead atoms. The number of rotatable bonds is 12. The van der Waals surface area contributed by atoms with Crippen molar-refractivity contribution in [3.05, 3.63) is 50.0 Å². The van der Waals surface area contributed by atoms with Gasteiger partial charge in [0.1, 0.15) is 47.3 Å². The molecule has 0 aromatic carbocycles. The topological polar surface area (TPSA) is 565 Å². The predicted molar refractivity (Wildman–Crippen MR) is 241 cm³/mol. The zero-order valence-corrected chi connectivity index (χ0v) is 40.7. The van der Waals surface area contributed by atoms with Crippen molar-refractivity contribution >= 4 is 74.8 Å². The lowest BCUT2D eigenvalue weighted by molar-refractivity contribution is -0.185. The molecule has 6 aliphatic rings. The Balaban J connectivity index is 0.000000133. The molecule has 408 valence electrons. The average molecular weight is 1120 g/mol. The fourth-order valence-electron chi connectivity index (χ4n) is 9.41. The third kappa shape index (κ3) is 9.18. The van der Waals surface area contributed by atoms with Crippen molar-refractivity contribution in [2.45, 2.75) is 72.9 Å². The minimum Gasteiger partial charge on any atom is -0.393 e. The van der Waals surface area contributed by atoms with Gasteiger partial charge in [0.25, 0.3) is 16.7 Å². The first-order valence-electron chi connectivity index (χ1n) is 21.6. The van der Waals surface area contributed by atoms with E-state index in [1.54, 1.807) is 4.57 Å². The molecule has 0 radical (unpaired) electrons. The van der Waals surface area contributed by atoms with Crippen molar-refractivity contribution < 1.29 is 95.3 Å². The van der Waals surface area contributed by atoms with E-state index in [1.165, 1.54) is 28.1 Å². The highest BCUT2D eigenvalue weighted by molar-refractivity contribution is 7.66. The maximum absolute atomic E-state index is 12.0. The Morgan fingerprint density at radius 1 is 0.613 bits per heavy atom. The van der Waals surface area contributed by atoms with Gasteiger partial charge in [0.05, 0.1) is 58.6 Å². The standard InChI is InChI=1S/C12H15N5O4.C11H16N5O14P3.C11H13N5O5/c1-5-7-10(21-12(5,2-18)3-20-7)17-4-14-6-8(17)15-11(13)16-9(6)19;12-10-14-7-4(8(18)15-10)13-3-16(7)9-5-6(17)11(28-9,1-26-5)2-27-32(22,23)30-33(24,25)29-31(19,20)21;12-10-14-7-4(8(19)15-10)13-3-16(7)9-5-6(18)11(1-17,21-9)2-20-5/h4-5,7,10,18H,2-3H2,1H3,(H3,13,15,16,19);3,5-6,9,17H,1-2H2,(H,22,23)(H,24,25)(H2,19,20,21)(H3,12,14,15,18);3,5-6,9,17-18H,1-2H2,(H3,12,14,15,19)/t5-,7?,10-,12+;5?,6-,9-,11-;5?,6-,9-,11+/m111/s1. The van der Waals surface area contributed by atoms with E-state index in [-0.39, 0.29) is 84.1 Å². The molecule has 6 aromatic rings. The Bertz CT molecular complexity index is 3420. The molecule has 0 spiro atoms. The number of aromatic nitrogens is 12. The van der Waals surface area contributed by atoms with Crippen LogP contribution in [0.15, 0.2) is 33.4 Å². The van der Waals surface area contributed by atoms with Crippen LogP contribution in [-0.2, 0) is 55.3 Å². The molecule has 14 atom stereocenters. The number of imidazole rings is 3. The number of nitrogens with one attached hydrogen (secondary N) is 3. The summed E-state index contributed by atoms with van der Waals surface area (Å²) in [6.45, 7) is 0.653. The molecule has 12 heterocycles. The summed E-state index contributed by atoms with van der Waals surface area (Å²) in [5.41, 5.74) is 12.3. The summed E-state index contributed by atoms with van der Waals surface area (Å²) in [4.78, 5) is 103. The van der Waals surface area contributed by atoms with E-state index in [4.69, 9.17) is 55.4 Å². The Morgan fingerprint density at radius 3 is 1.40 bits per heavy atom. The summed E-state index contributed by atoms with van der Waals surface area (Å²) in [5.74, 6) is -0.218. The van der Waals surface area contributed by atoms with Crippen LogP contribution in [0, 0.1) is 5.92 Å². The van der Waals surface area contributed by atoms with Crippen LogP contribution in [-0.4, -0.2) is 186 Å². The van der Waals surface area contributed by atoms with Crippen LogP contribution in [0.1, 0.15) is 25.6 Å². The lowest BCUT2D eigenvalue weighted by Crippen LogP contribution is -2.44. The zero-order valence-electron chi connectivity index (χ0n) is 38.0. The van der Waals surface area contributed by atoms with Crippen molar-refractivity contribution in [3.8, 4) is 0 Å². The normalized spacial score (nSPS) is 33.2. The van der Waals surface area contributed by atoms with E-state index in [0.29, 0.717) is 12.3 Å². The summed E-state index contributed by atoms with van der Waals surface area (Å²) in [6.07, 6.45) is -2.74. The summed E-state index contributed by atoms with van der Waals surface area (Å²) in [5, 5.41) is 39.8. The summed E-state index contributed by atoms with van der Waals surface area (Å²) >= 11 is 0. The van der Waals surface area contributed by atoms with Gasteiger partial charge in [-0.15, -0.1) is 0 Å². The molecule has 0 aliphatic carbocycles. The minimum absolute atomic E-state index is 0.00682. The second kappa shape index (κ2) is 18.6. The molecular formula is C34H44N15O23P3. The third-order valence-electron chi connectivity index (χ3n) is 13.1. The van der Waals surface area contributed by atoms with Crippen molar-refractivity contribution in [2.75, 3.05) is 56.8 Å². The maximum atomic E-state index is 12.0. The lowest BCUT2D eigenvalue weighted by Gasteiger charge is -2.31. The highest BCUT2D eigenvalue weighted by atomic mass is 31.3. The Morgan fingerprint density at radius 2 is 0.987 bits per heavy atom. The van der Waals surface area contributed by atoms with Crippen LogP contribution in [0.4, 0.5) is 17.8 Å². The highest BCUT2D eigenvalue weighted by Crippen LogP contribution is 2.66. The zero-order chi connectivity index (χ0) is 53.9. The Hall–Kier alpha value is -5.54. The van der Waals surface area contributed by atoms with Gasteiger partial charge in [-0.25, -0.2) is 28.6 Å². The molecule has 6 aromatic heterocycles. The SMILES string of the molecule is C[C@@H]1C2OC[C@]1(CO)O[C@H]2n1cnc2c(=O)[nH]c(N)nc21.Nc1nc2c(ncn2[C@@H]2O[C@@]3(CO)COC2[C@H]3O)c(=O)[nH]1.Nc1nc2c(ncn2[C@@H]2O[C@@]3(COP(=O)(O)OP(=O)(O)OP(=O)(O)O)COC2[C@H]3O)c(=O)[nH]1. The number of fused-ring (bicyclic) bond motifs is 9. The number of hydrogen-bond acceptors (Lipinski definition) is 28. The first-order valence-corrected chi connectivity index (χ1v) is 26.2. The third-order valence-corrected chi connectivity index (χ3v) is 16.9. The number of nitrogen functional groups attached to an aromatic ring is 3. The average Bonchev–Trinajstić information content (AvgIpc) is 4.23. The highest BCUT2D eigenvalue weighted by Gasteiger charge is 2.64. The number of aromatic amines is 3. The van der Waals surface area contributed by atoms with Gasteiger partial charge in [-0.3, -0.25) is 47.6 Å². The van der Waals surface area contributed by atoms with Gasteiger partial charge in [-0.05, 0) is 0 Å². The molecule has 41 heteroatoms. The van der Waals surface area contributed by atoms with Crippen LogP contribution in [0.25, 0.3) is 33.5 Å². The van der Waals surface area contributed by atoms with E-state index in [1.807, 2.05) is 6.92 Å². The van der Waals surface area contributed by atoms with Gasteiger partial charge >= 0.3 is 23.5 Å². The predicted octanol–water partition coefficient (Wildman–Crippen LogP) is -5.21. The van der Waals surface area contributed by atoms with Crippen LogP contribution in [0.5, 0.6) is 0 Å². The van der Waals surface area contributed by atoms with Gasteiger partial charge in [0.15, 0.2) is 52.2 Å². The fourth-order valence-corrected chi connectivity index (χ4v) is 12.5. The number of H-pyrrole nitrogens is 3. The number of aliphatic hydroxyl groups excluding tert-OH is 4. The van der Waals surface area contributed by atoms with Gasteiger partial charge < -0.3 is 85.6 Å². The summed E-state index contributed by atoms with van der Waals surface area (Å²) in [7, 11) is -16.7. The molecule has 6 aliphatic heterocycles. The molecule has 38 nitrogen and oxygen atoms in total. The van der Waals surface area contributed by atoms with Crippen LogP contribution < -0.4 is 33.9 Å². The van der Waals surface area contributed by atoms with Crippen molar-refractivity contribution in [3.63, 3.8) is 0 Å². The number of anilines is 3. The second-order valence-electron chi connectivity index (χ2n) is 17.7. The first-order chi connectivity index (χ1) is 35.2. The number of phosphoric acid groups is 3. The van der Waals surface area contributed by atoms with E-state index >= 15 is 0 Å². The van der Waals surface area contributed by atoms with Gasteiger partial charge in [0, 0.05) is 5.92 Å². The maximum Gasteiger partial charge on any atom is 0.490 e. The van der Waals surface area contributed by atoms with E-state index in [2.05, 4.69) is 58.0 Å².